The minimum atomic E-state index is -0.772. The third kappa shape index (κ3) is 5.18. The van der Waals surface area contributed by atoms with E-state index in [2.05, 4.69) is 71.1 Å². The van der Waals surface area contributed by atoms with Crippen LogP contribution in [-0.4, -0.2) is 53.7 Å². The van der Waals surface area contributed by atoms with Crippen LogP contribution in [0.15, 0.2) is 48.3 Å². The predicted molar refractivity (Wildman–Crippen MR) is 115 cm³/mol. The Morgan fingerprint density at radius 2 is 1.79 bits per heavy atom. The van der Waals surface area contributed by atoms with Gasteiger partial charge in [-0.05, 0) is 57.0 Å². The molecule has 150 valence electrons. The molecule has 0 aliphatic carbocycles. The Bertz CT molecular complexity index is 763. The summed E-state index contributed by atoms with van der Waals surface area (Å²) >= 11 is 0. The molecule has 2 aromatic rings. The molecule has 1 saturated heterocycles. The lowest BCUT2D eigenvalue weighted by molar-refractivity contribution is 0.0115. The van der Waals surface area contributed by atoms with Crippen molar-refractivity contribution in [2.75, 3.05) is 38.6 Å². The summed E-state index contributed by atoms with van der Waals surface area (Å²) in [5, 5.41) is 11.2. The molecule has 2 heterocycles. The summed E-state index contributed by atoms with van der Waals surface area (Å²) in [4.78, 5) is 13.0. The number of rotatable bonds is 7. The van der Waals surface area contributed by atoms with E-state index < -0.39 is 5.60 Å². The molecule has 1 aliphatic heterocycles. The van der Waals surface area contributed by atoms with Gasteiger partial charge in [-0.25, -0.2) is 9.97 Å². The van der Waals surface area contributed by atoms with E-state index in [1.54, 1.807) is 12.4 Å². The maximum atomic E-state index is 11.2. The van der Waals surface area contributed by atoms with E-state index in [-0.39, 0.29) is 0 Å². The van der Waals surface area contributed by atoms with E-state index >= 15 is 0 Å². The maximum Gasteiger partial charge on any atom is 0.225 e. The minimum absolute atomic E-state index is 0.684. The van der Waals surface area contributed by atoms with Gasteiger partial charge < -0.3 is 14.9 Å². The van der Waals surface area contributed by atoms with Gasteiger partial charge in [0.1, 0.15) is 0 Å². The molecule has 0 unspecified atom stereocenters. The van der Waals surface area contributed by atoms with Gasteiger partial charge in [-0.2, -0.15) is 0 Å². The van der Waals surface area contributed by atoms with E-state index in [0.29, 0.717) is 12.8 Å². The van der Waals surface area contributed by atoms with Crippen molar-refractivity contribution in [1.82, 2.24) is 14.9 Å². The lowest BCUT2D eigenvalue weighted by atomic mass is 9.84. The second kappa shape index (κ2) is 9.30. The second-order valence-electron chi connectivity index (χ2n) is 7.90. The van der Waals surface area contributed by atoms with Crippen molar-refractivity contribution in [3.8, 4) is 0 Å². The summed E-state index contributed by atoms with van der Waals surface area (Å²) in [5.74, 6) is 0.745. The number of aliphatic hydroxyl groups is 1. The largest absolute Gasteiger partial charge is 0.385 e. The number of aromatic nitrogens is 2. The SMILES string of the molecule is CC/C(=C\c1ccc(C2(O)CCN(c3ncccn3)CC2)cc1)CCN(C)C. The molecule has 0 amide bonds. The molecule has 1 fully saturated rings. The molecule has 0 atom stereocenters. The molecule has 1 aliphatic rings. The molecule has 1 N–H and O–H groups in total. The van der Waals surface area contributed by atoms with Crippen molar-refractivity contribution in [3.63, 3.8) is 0 Å². The average molecular weight is 381 g/mol. The van der Waals surface area contributed by atoms with Gasteiger partial charge in [0.25, 0.3) is 0 Å². The fraction of sp³-hybridized carbons (Fsp3) is 0.478. The first-order valence-corrected chi connectivity index (χ1v) is 10.2. The Labute approximate surface area is 168 Å². The molecule has 1 aromatic heterocycles. The van der Waals surface area contributed by atoms with Crippen LogP contribution < -0.4 is 4.90 Å². The Morgan fingerprint density at radius 1 is 1.14 bits per heavy atom. The van der Waals surface area contributed by atoms with Crippen LogP contribution in [-0.2, 0) is 5.60 Å². The van der Waals surface area contributed by atoms with Crippen LogP contribution in [0.5, 0.6) is 0 Å². The first-order valence-electron chi connectivity index (χ1n) is 10.2. The van der Waals surface area contributed by atoms with Crippen LogP contribution in [0.3, 0.4) is 0 Å². The fourth-order valence-corrected chi connectivity index (χ4v) is 3.66. The summed E-state index contributed by atoms with van der Waals surface area (Å²) in [6, 6.07) is 10.3. The number of piperidine rings is 1. The highest BCUT2D eigenvalue weighted by atomic mass is 16.3. The predicted octanol–water partition coefficient (Wildman–Crippen LogP) is 3.71. The van der Waals surface area contributed by atoms with Gasteiger partial charge in [0.15, 0.2) is 0 Å². The van der Waals surface area contributed by atoms with Crippen LogP contribution >= 0.6 is 0 Å². The number of anilines is 1. The van der Waals surface area contributed by atoms with Gasteiger partial charge in [0, 0.05) is 32.0 Å². The van der Waals surface area contributed by atoms with Gasteiger partial charge in [0.05, 0.1) is 5.60 Å². The molecular formula is C23H32N4O. The Hall–Kier alpha value is -2.24. The zero-order valence-corrected chi connectivity index (χ0v) is 17.3. The van der Waals surface area contributed by atoms with Crippen molar-refractivity contribution < 1.29 is 5.11 Å². The molecule has 5 heteroatoms. The van der Waals surface area contributed by atoms with Gasteiger partial charge in [-0.1, -0.05) is 42.8 Å². The normalized spacial score (nSPS) is 17.2. The standard InChI is InChI=1S/C23H32N4O/c1-4-19(10-15-26(2)3)18-20-6-8-21(9-7-20)23(28)11-16-27(17-12-23)22-24-13-5-14-25-22/h5-9,13-14,18,28H,4,10-12,15-17H2,1-3H3/b19-18+. The van der Waals surface area contributed by atoms with E-state index in [0.717, 1.165) is 44.0 Å². The molecule has 0 saturated carbocycles. The van der Waals surface area contributed by atoms with Crippen LogP contribution in [0.4, 0.5) is 5.95 Å². The quantitative estimate of drug-likeness (QED) is 0.794. The monoisotopic (exact) mass is 380 g/mol. The first-order chi connectivity index (χ1) is 13.5. The smallest absolute Gasteiger partial charge is 0.225 e. The Balaban J connectivity index is 1.64. The molecule has 0 spiro atoms. The average Bonchev–Trinajstić information content (AvgIpc) is 2.72. The number of hydrogen-bond acceptors (Lipinski definition) is 5. The maximum absolute atomic E-state index is 11.2. The van der Waals surface area contributed by atoms with Gasteiger partial charge >= 0.3 is 0 Å². The van der Waals surface area contributed by atoms with Crippen LogP contribution in [0.2, 0.25) is 0 Å². The van der Waals surface area contributed by atoms with Crippen molar-refractivity contribution >= 4 is 12.0 Å². The topological polar surface area (TPSA) is 52.5 Å². The number of nitrogens with zero attached hydrogens (tertiary/aromatic N) is 4. The highest BCUT2D eigenvalue weighted by Gasteiger charge is 2.34. The van der Waals surface area contributed by atoms with E-state index in [1.165, 1.54) is 11.1 Å². The zero-order chi connectivity index (χ0) is 20.0. The number of benzene rings is 1. The van der Waals surface area contributed by atoms with E-state index in [1.807, 2.05) is 6.07 Å². The highest BCUT2D eigenvalue weighted by molar-refractivity contribution is 5.53. The minimum Gasteiger partial charge on any atom is -0.385 e. The molecule has 0 bridgehead atoms. The van der Waals surface area contributed by atoms with Crippen molar-refractivity contribution in [2.24, 2.45) is 0 Å². The lowest BCUT2D eigenvalue weighted by Crippen LogP contribution is -2.43. The Kier molecular flexibility index (Phi) is 6.81. The highest BCUT2D eigenvalue weighted by Crippen LogP contribution is 2.34. The summed E-state index contributed by atoms with van der Waals surface area (Å²) < 4.78 is 0. The van der Waals surface area contributed by atoms with Crippen molar-refractivity contribution in [1.29, 1.82) is 0 Å². The first kappa shape index (κ1) is 20.5. The second-order valence-corrected chi connectivity index (χ2v) is 7.90. The van der Waals surface area contributed by atoms with Crippen molar-refractivity contribution in [3.05, 3.63) is 59.4 Å². The van der Waals surface area contributed by atoms with Gasteiger partial charge in [0.2, 0.25) is 5.95 Å². The number of hydrogen-bond donors (Lipinski definition) is 1. The van der Waals surface area contributed by atoms with E-state index in [4.69, 9.17) is 0 Å². The molecule has 5 nitrogen and oxygen atoms in total. The Morgan fingerprint density at radius 3 is 2.36 bits per heavy atom. The van der Waals surface area contributed by atoms with Gasteiger partial charge in [-0.15, -0.1) is 0 Å². The van der Waals surface area contributed by atoms with Crippen LogP contribution in [0.25, 0.3) is 6.08 Å². The molecule has 0 radical (unpaired) electrons. The summed E-state index contributed by atoms with van der Waals surface area (Å²) in [5.41, 5.74) is 2.89. The lowest BCUT2D eigenvalue weighted by Gasteiger charge is -2.38. The molecular weight excluding hydrogens is 348 g/mol. The zero-order valence-electron chi connectivity index (χ0n) is 17.3. The van der Waals surface area contributed by atoms with Gasteiger partial charge in [-0.3, -0.25) is 0 Å². The van der Waals surface area contributed by atoms with Crippen molar-refractivity contribution in [2.45, 2.75) is 38.2 Å². The van der Waals surface area contributed by atoms with E-state index in [9.17, 15) is 5.11 Å². The fourth-order valence-electron chi connectivity index (χ4n) is 3.66. The van der Waals surface area contributed by atoms with Crippen LogP contribution in [0.1, 0.15) is 43.7 Å². The van der Waals surface area contributed by atoms with Crippen LogP contribution in [0, 0.1) is 0 Å². The molecule has 3 rings (SSSR count). The summed E-state index contributed by atoms with van der Waals surface area (Å²) in [7, 11) is 4.22. The summed E-state index contributed by atoms with van der Waals surface area (Å²) in [6.45, 7) is 4.79. The third-order valence-electron chi connectivity index (χ3n) is 5.58. The molecule has 1 aromatic carbocycles. The summed E-state index contributed by atoms with van der Waals surface area (Å²) in [6.07, 6.45) is 9.33. The molecule has 28 heavy (non-hydrogen) atoms. The third-order valence-corrected chi connectivity index (χ3v) is 5.58.